The smallest absolute Gasteiger partial charge is 0.320 e. The van der Waals surface area contributed by atoms with Gasteiger partial charge in [-0.1, -0.05) is 0 Å². The first kappa shape index (κ1) is 16.8. The second kappa shape index (κ2) is 6.69. The molecule has 0 unspecified atom stereocenters. The third-order valence-corrected chi connectivity index (χ3v) is 5.10. The minimum Gasteiger partial charge on any atom is -0.468 e. The summed E-state index contributed by atoms with van der Waals surface area (Å²) in [6.45, 7) is 0. The van der Waals surface area contributed by atoms with E-state index in [1.165, 1.54) is 0 Å². The lowest BCUT2D eigenvalue weighted by Crippen LogP contribution is -2.27. The molecular weight excluding hydrogens is 288 g/mol. The molecule has 0 radical (unpaired) electrons. The molecule has 0 aliphatic rings. The van der Waals surface area contributed by atoms with Crippen molar-refractivity contribution in [1.29, 1.82) is 0 Å². The summed E-state index contributed by atoms with van der Waals surface area (Å²) in [6.07, 6.45) is 0. The van der Waals surface area contributed by atoms with Crippen molar-refractivity contribution < 1.29 is 35.9 Å². The Balaban J connectivity index is 4.48. The van der Waals surface area contributed by atoms with Gasteiger partial charge in [0.2, 0.25) is 0 Å². The molecule has 0 bridgehead atoms. The Hall–Kier alpha value is -1.16. The highest BCUT2D eigenvalue weighted by atomic mass is 32.2. The van der Waals surface area contributed by atoms with Crippen LogP contribution in [0.15, 0.2) is 0 Å². The molecule has 8 nitrogen and oxygen atoms in total. The highest BCUT2D eigenvalue weighted by molar-refractivity contribution is 7.95. The third kappa shape index (κ3) is 7.22. The Bertz CT molecular complexity index is 453. The van der Waals surface area contributed by atoms with Crippen molar-refractivity contribution in [3.8, 4) is 0 Å². The third-order valence-electron chi connectivity index (χ3n) is 1.84. The predicted molar refractivity (Wildman–Crippen MR) is 61.3 cm³/mol. The van der Waals surface area contributed by atoms with Crippen molar-refractivity contribution in [2.75, 3.05) is 37.2 Å². The van der Waals surface area contributed by atoms with Gasteiger partial charge >= 0.3 is 11.9 Å². The lowest BCUT2D eigenvalue weighted by molar-refractivity contribution is -0.138. The fourth-order valence-corrected chi connectivity index (χ4v) is 4.15. The van der Waals surface area contributed by atoms with Crippen LogP contribution in [0.25, 0.3) is 0 Å². The lowest BCUT2D eigenvalue weighted by atomic mass is 10.8. The first-order valence-corrected chi connectivity index (χ1v) is 8.30. The molecule has 0 aromatic carbocycles. The molecule has 0 saturated heterocycles. The molecule has 0 amide bonds. The van der Waals surface area contributed by atoms with Crippen LogP contribution < -0.4 is 0 Å². The van der Waals surface area contributed by atoms with E-state index in [9.17, 15) is 26.4 Å². The zero-order chi connectivity index (χ0) is 14.4. The number of hydrogen-bond acceptors (Lipinski definition) is 8. The molecule has 0 rings (SSSR count). The lowest BCUT2D eigenvalue weighted by Gasteiger charge is -2.04. The fourth-order valence-electron chi connectivity index (χ4n) is 0.875. The van der Waals surface area contributed by atoms with E-state index in [4.69, 9.17) is 0 Å². The van der Waals surface area contributed by atoms with Crippen LogP contribution in [0.2, 0.25) is 0 Å². The number of hydrogen-bond donors (Lipinski definition) is 0. The quantitative estimate of drug-likeness (QED) is 0.503. The molecule has 0 heterocycles. The van der Waals surface area contributed by atoms with Crippen molar-refractivity contribution in [3.05, 3.63) is 0 Å². The summed E-state index contributed by atoms with van der Waals surface area (Å²) in [5.41, 5.74) is 0. The van der Waals surface area contributed by atoms with Crippen molar-refractivity contribution >= 4 is 31.6 Å². The molecule has 0 aliphatic carbocycles. The van der Waals surface area contributed by atoms with E-state index in [-0.39, 0.29) is 0 Å². The maximum atomic E-state index is 11.3. The number of sulfone groups is 2. The molecule has 0 saturated carbocycles. The Morgan fingerprint density at radius 2 is 1.06 bits per heavy atom. The molecule has 0 fully saturated rings. The molecule has 0 aliphatic heterocycles. The summed E-state index contributed by atoms with van der Waals surface area (Å²) in [6, 6.07) is 0. The van der Waals surface area contributed by atoms with Gasteiger partial charge in [-0.15, -0.1) is 0 Å². The average molecular weight is 302 g/mol. The number of rotatable bonds is 7. The Morgan fingerprint density at radius 3 is 1.28 bits per heavy atom. The van der Waals surface area contributed by atoms with E-state index in [2.05, 4.69) is 9.47 Å². The minimum absolute atomic E-state index is 0.749. The fraction of sp³-hybridized carbons (Fsp3) is 0.750. The molecule has 106 valence electrons. The maximum Gasteiger partial charge on any atom is 0.320 e. The van der Waals surface area contributed by atoms with Gasteiger partial charge in [0.25, 0.3) is 0 Å². The van der Waals surface area contributed by atoms with Crippen LogP contribution in [0, 0.1) is 0 Å². The van der Waals surface area contributed by atoms with E-state index < -0.39 is 54.6 Å². The monoisotopic (exact) mass is 302 g/mol. The molecule has 0 aromatic rings. The molecule has 0 spiro atoms. The van der Waals surface area contributed by atoms with E-state index >= 15 is 0 Å². The number of carbonyl (C=O) groups is 2. The Morgan fingerprint density at radius 1 is 0.778 bits per heavy atom. The SMILES string of the molecule is COC(=O)CS(=O)(=O)CCS(=O)(=O)CC(=O)OC. The van der Waals surface area contributed by atoms with Gasteiger partial charge in [-0.25, -0.2) is 16.8 Å². The molecule has 0 atom stereocenters. The van der Waals surface area contributed by atoms with E-state index in [1.807, 2.05) is 0 Å². The van der Waals surface area contributed by atoms with Crippen LogP contribution in [-0.4, -0.2) is 66.0 Å². The van der Waals surface area contributed by atoms with Gasteiger partial charge < -0.3 is 9.47 Å². The summed E-state index contributed by atoms with van der Waals surface area (Å²) < 4.78 is 53.6. The first-order chi connectivity index (χ1) is 8.12. The summed E-state index contributed by atoms with van der Waals surface area (Å²) in [5, 5.41) is 0. The first-order valence-electron chi connectivity index (χ1n) is 4.66. The van der Waals surface area contributed by atoms with Gasteiger partial charge in [0.05, 0.1) is 25.7 Å². The summed E-state index contributed by atoms with van der Waals surface area (Å²) in [7, 11) is -5.71. The van der Waals surface area contributed by atoms with Gasteiger partial charge in [0, 0.05) is 0 Å². The topological polar surface area (TPSA) is 121 Å². The highest BCUT2D eigenvalue weighted by Gasteiger charge is 2.23. The largest absolute Gasteiger partial charge is 0.468 e. The number of esters is 2. The number of ether oxygens (including phenoxy) is 2. The molecule has 0 N–H and O–H groups in total. The summed E-state index contributed by atoms with van der Waals surface area (Å²) in [4.78, 5) is 21.5. The summed E-state index contributed by atoms with van der Waals surface area (Å²) >= 11 is 0. The van der Waals surface area contributed by atoms with Crippen molar-refractivity contribution in [2.24, 2.45) is 0 Å². The number of carbonyl (C=O) groups excluding carboxylic acids is 2. The average Bonchev–Trinajstić information content (AvgIpc) is 2.25. The van der Waals surface area contributed by atoms with Crippen LogP contribution in [0.1, 0.15) is 0 Å². The predicted octanol–water partition coefficient (Wildman–Crippen LogP) is -1.84. The van der Waals surface area contributed by atoms with E-state index in [1.54, 1.807) is 0 Å². The van der Waals surface area contributed by atoms with Crippen LogP contribution in [-0.2, 0) is 38.7 Å². The van der Waals surface area contributed by atoms with Gasteiger partial charge in [-0.05, 0) is 0 Å². The Kier molecular flexibility index (Phi) is 6.26. The normalized spacial score (nSPS) is 11.9. The second-order valence-corrected chi connectivity index (χ2v) is 7.70. The van der Waals surface area contributed by atoms with Gasteiger partial charge in [-0.2, -0.15) is 0 Å². The molecular formula is C8H14O8S2. The van der Waals surface area contributed by atoms with Crippen molar-refractivity contribution in [2.45, 2.75) is 0 Å². The van der Waals surface area contributed by atoms with Crippen LogP contribution >= 0.6 is 0 Å². The van der Waals surface area contributed by atoms with Crippen LogP contribution in [0.4, 0.5) is 0 Å². The molecule has 10 heteroatoms. The van der Waals surface area contributed by atoms with Crippen LogP contribution in [0.3, 0.4) is 0 Å². The van der Waals surface area contributed by atoms with E-state index in [0.717, 1.165) is 14.2 Å². The van der Waals surface area contributed by atoms with E-state index in [0.29, 0.717) is 0 Å². The van der Waals surface area contributed by atoms with Gasteiger partial charge in [0.15, 0.2) is 19.7 Å². The second-order valence-electron chi connectivity index (χ2n) is 3.34. The maximum absolute atomic E-state index is 11.3. The zero-order valence-corrected chi connectivity index (χ0v) is 11.5. The molecule has 0 aromatic heterocycles. The minimum atomic E-state index is -3.87. The number of methoxy groups -OCH3 is 2. The summed E-state index contributed by atoms with van der Waals surface area (Å²) in [5.74, 6) is -5.22. The zero-order valence-electron chi connectivity index (χ0n) is 9.91. The molecule has 18 heavy (non-hydrogen) atoms. The van der Waals surface area contributed by atoms with Gasteiger partial charge in [0.1, 0.15) is 11.5 Å². The highest BCUT2D eigenvalue weighted by Crippen LogP contribution is 1.98. The standard InChI is InChI=1S/C8H14O8S2/c1-15-7(9)5-17(11,12)3-4-18(13,14)6-8(10)16-2/h3-6H2,1-2H3. The van der Waals surface area contributed by atoms with Crippen molar-refractivity contribution in [3.63, 3.8) is 0 Å². The van der Waals surface area contributed by atoms with Gasteiger partial charge in [-0.3, -0.25) is 9.59 Å². The van der Waals surface area contributed by atoms with Crippen LogP contribution in [0.5, 0.6) is 0 Å². The van der Waals surface area contributed by atoms with Crippen molar-refractivity contribution in [1.82, 2.24) is 0 Å². The Labute approximate surface area is 105 Å².